The molecule has 0 spiro atoms. The minimum Gasteiger partial charge on any atom is -0.353 e. The summed E-state index contributed by atoms with van der Waals surface area (Å²) in [5.41, 5.74) is 0.246. The van der Waals surface area contributed by atoms with Crippen molar-refractivity contribution < 1.29 is 9.18 Å². The quantitative estimate of drug-likeness (QED) is 0.456. The molecule has 2 N–H and O–H groups in total. The van der Waals surface area contributed by atoms with Crippen LogP contribution in [0.4, 0.5) is 4.39 Å². The van der Waals surface area contributed by atoms with E-state index in [0.29, 0.717) is 12.5 Å². The molecule has 6 nitrogen and oxygen atoms in total. The number of aliphatic imine (C=N–C) groups is 1. The second kappa shape index (κ2) is 8.68. The second-order valence-electron chi connectivity index (χ2n) is 4.41. The normalized spacial score (nSPS) is 10.9. The summed E-state index contributed by atoms with van der Waals surface area (Å²) >= 11 is 0. The van der Waals surface area contributed by atoms with Gasteiger partial charge >= 0.3 is 0 Å². The van der Waals surface area contributed by atoms with Crippen molar-refractivity contribution in [3.8, 4) is 0 Å². The number of pyridine rings is 1. The van der Waals surface area contributed by atoms with Crippen LogP contribution in [0.15, 0.2) is 36.0 Å². The molecular weight excluding hydrogens is 273 g/mol. The molecule has 21 heavy (non-hydrogen) atoms. The molecule has 1 aromatic rings. The Labute approximate surface area is 123 Å². The molecule has 1 amide bonds. The number of hydrogen-bond acceptors (Lipinski definition) is 3. The number of nitrogens with one attached hydrogen (secondary N) is 2. The summed E-state index contributed by atoms with van der Waals surface area (Å²) in [5.74, 6) is -0.101. The third-order valence-corrected chi connectivity index (χ3v) is 2.54. The van der Waals surface area contributed by atoms with E-state index in [9.17, 15) is 9.18 Å². The summed E-state index contributed by atoms with van der Waals surface area (Å²) in [6.45, 7) is 4.25. The lowest BCUT2D eigenvalue weighted by Gasteiger charge is -2.14. The maximum Gasteiger partial charge on any atom is 0.241 e. The highest BCUT2D eigenvalue weighted by Gasteiger charge is 2.06. The Morgan fingerprint density at radius 3 is 2.90 bits per heavy atom. The molecule has 114 valence electrons. The van der Waals surface area contributed by atoms with Crippen molar-refractivity contribution in [3.63, 3.8) is 0 Å². The molecule has 0 saturated carbocycles. The van der Waals surface area contributed by atoms with Crippen LogP contribution in [-0.2, 0) is 11.3 Å². The molecule has 0 fully saturated rings. The number of likely N-dealkylation sites (N-methyl/N-ethyl adjacent to an activating group) is 1. The van der Waals surface area contributed by atoms with Gasteiger partial charge in [0.2, 0.25) is 5.91 Å². The molecule has 0 bridgehead atoms. The number of hydrogen-bond donors (Lipinski definition) is 2. The van der Waals surface area contributed by atoms with Crippen LogP contribution in [0.3, 0.4) is 0 Å². The number of guanidine groups is 1. The molecule has 1 rings (SSSR count). The number of carbonyl (C=O) groups is 1. The summed E-state index contributed by atoms with van der Waals surface area (Å²) < 4.78 is 13.5. The van der Waals surface area contributed by atoms with Gasteiger partial charge in [0.1, 0.15) is 5.82 Å². The molecular formula is C14H20FN5O. The lowest BCUT2D eigenvalue weighted by atomic mass is 10.3. The van der Waals surface area contributed by atoms with E-state index in [0.717, 1.165) is 0 Å². The van der Waals surface area contributed by atoms with Crippen LogP contribution in [0.25, 0.3) is 0 Å². The van der Waals surface area contributed by atoms with Crippen molar-refractivity contribution >= 4 is 11.9 Å². The highest BCUT2D eigenvalue weighted by Crippen LogP contribution is 2.03. The van der Waals surface area contributed by atoms with Gasteiger partial charge in [-0.15, -0.1) is 6.58 Å². The summed E-state index contributed by atoms with van der Waals surface area (Å²) in [6.07, 6.45) is 3.17. The molecule has 0 saturated heterocycles. The van der Waals surface area contributed by atoms with Crippen molar-refractivity contribution in [2.75, 3.05) is 27.2 Å². The fourth-order valence-electron chi connectivity index (χ4n) is 1.35. The van der Waals surface area contributed by atoms with Crippen molar-refractivity contribution in [2.45, 2.75) is 6.54 Å². The van der Waals surface area contributed by atoms with Crippen LogP contribution in [0.1, 0.15) is 5.69 Å². The van der Waals surface area contributed by atoms with Gasteiger partial charge in [0.15, 0.2) is 5.96 Å². The Kier molecular flexibility index (Phi) is 6.86. The maximum atomic E-state index is 13.5. The Bertz CT molecular complexity index is 516. The van der Waals surface area contributed by atoms with Gasteiger partial charge in [-0.1, -0.05) is 6.08 Å². The minimum absolute atomic E-state index is 0.0787. The summed E-state index contributed by atoms with van der Waals surface area (Å²) in [6, 6.07) is 2.85. The van der Waals surface area contributed by atoms with Gasteiger partial charge in [-0.05, 0) is 12.1 Å². The Hall–Kier alpha value is -2.44. The fraction of sp³-hybridized carbons (Fsp3) is 0.357. The fourth-order valence-corrected chi connectivity index (χ4v) is 1.35. The zero-order valence-corrected chi connectivity index (χ0v) is 12.3. The average Bonchev–Trinajstić information content (AvgIpc) is 2.47. The predicted molar refractivity (Wildman–Crippen MR) is 80.2 cm³/mol. The van der Waals surface area contributed by atoms with Gasteiger partial charge in [0.25, 0.3) is 0 Å². The van der Waals surface area contributed by atoms with E-state index in [-0.39, 0.29) is 24.7 Å². The SMILES string of the molecule is C=CCNC(=NCc1ncccc1F)NCC(=O)N(C)C. The number of carbonyl (C=O) groups excluding carboxylic acids is 1. The van der Waals surface area contributed by atoms with Crippen LogP contribution >= 0.6 is 0 Å². The van der Waals surface area contributed by atoms with Crippen molar-refractivity contribution in [1.82, 2.24) is 20.5 Å². The van der Waals surface area contributed by atoms with Crippen molar-refractivity contribution in [2.24, 2.45) is 4.99 Å². The smallest absolute Gasteiger partial charge is 0.241 e. The van der Waals surface area contributed by atoms with E-state index in [4.69, 9.17) is 0 Å². The first kappa shape index (κ1) is 16.6. The number of aromatic nitrogens is 1. The number of amides is 1. The van der Waals surface area contributed by atoms with E-state index in [1.165, 1.54) is 23.2 Å². The standard InChI is InChI=1S/C14H20FN5O/c1-4-7-17-14(19-10-13(21)20(2)3)18-9-12-11(15)6-5-8-16-12/h4-6,8H,1,7,9-10H2,2-3H3,(H2,17,18,19). The Morgan fingerprint density at radius 1 is 1.52 bits per heavy atom. The monoisotopic (exact) mass is 293 g/mol. The van der Waals surface area contributed by atoms with E-state index in [2.05, 4.69) is 27.2 Å². The zero-order chi connectivity index (χ0) is 15.7. The molecule has 1 heterocycles. The van der Waals surface area contributed by atoms with Gasteiger partial charge in [-0.3, -0.25) is 9.78 Å². The van der Waals surface area contributed by atoms with Crippen LogP contribution in [-0.4, -0.2) is 48.9 Å². The van der Waals surface area contributed by atoms with Crippen LogP contribution in [0.2, 0.25) is 0 Å². The molecule has 0 unspecified atom stereocenters. The lowest BCUT2D eigenvalue weighted by molar-refractivity contribution is -0.127. The summed E-state index contributed by atoms with van der Waals surface area (Å²) in [5, 5.41) is 5.83. The lowest BCUT2D eigenvalue weighted by Crippen LogP contribution is -2.43. The van der Waals surface area contributed by atoms with Crippen LogP contribution < -0.4 is 10.6 Å². The molecule has 0 aliphatic heterocycles. The summed E-state index contributed by atoms with van der Waals surface area (Å²) in [4.78, 5) is 21.1. The number of nitrogens with zero attached hydrogens (tertiary/aromatic N) is 3. The number of halogens is 1. The van der Waals surface area contributed by atoms with Gasteiger partial charge in [-0.25, -0.2) is 9.38 Å². The van der Waals surface area contributed by atoms with E-state index < -0.39 is 5.82 Å². The molecule has 0 aliphatic carbocycles. The molecule has 0 aromatic carbocycles. The predicted octanol–water partition coefficient (Wildman–Crippen LogP) is 0.530. The topological polar surface area (TPSA) is 69.6 Å². The van der Waals surface area contributed by atoms with Crippen molar-refractivity contribution in [1.29, 1.82) is 0 Å². The highest BCUT2D eigenvalue weighted by molar-refractivity contribution is 5.86. The third-order valence-electron chi connectivity index (χ3n) is 2.54. The number of rotatable bonds is 6. The first-order valence-electron chi connectivity index (χ1n) is 6.47. The molecule has 1 aromatic heterocycles. The van der Waals surface area contributed by atoms with Crippen LogP contribution in [0, 0.1) is 5.82 Å². The first-order chi connectivity index (χ1) is 10.0. The van der Waals surface area contributed by atoms with E-state index in [1.54, 1.807) is 20.2 Å². The Balaban J connectivity index is 2.67. The maximum absolute atomic E-state index is 13.5. The van der Waals surface area contributed by atoms with Gasteiger partial charge in [-0.2, -0.15) is 0 Å². The molecule has 0 atom stereocenters. The van der Waals surface area contributed by atoms with Gasteiger partial charge < -0.3 is 15.5 Å². The summed E-state index contributed by atoms with van der Waals surface area (Å²) in [7, 11) is 3.34. The average molecular weight is 293 g/mol. The zero-order valence-electron chi connectivity index (χ0n) is 12.3. The van der Waals surface area contributed by atoms with E-state index >= 15 is 0 Å². The Morgan fingerprint density at radius 2 is 2.29 bits per heavy atom. The second-order valence-corrected chi connectivity index (χ2v) is 4.41. The minimum atomic E-state index is -0.409. The highest BCUT2D eigenvalue weighted by atomic mass is 19.1. The van der Waals surface area contributed by atoms with Gasteiger partial charge in [0.05, 0.1) is 18.8 Å². The molecule has 7 heteroatoms. The third kappa shape index (κ3) is 6.03. The van der Waals surface area contributed by atoms with E-state index in [1.807, 2.05) is 0 Å². The van der Waals surface area contributed by atoms with Crippen molar-refractivity contribution in [3.05, 3.63) is 42.5 Å². The van der Waals surface area contributed by atoms with Crippen LogP contribution in [0.5, 0.6) is 0 Å². The molecule has 0 aliphatic rings. The first-order valence-corrected chi connectivity index (χ1v) is 6.47. The van der Waals surface area contributed by atoms with Gasteiger partial charge in [0, 0.05) is 26.8 Å². The largest absolute Gasteiger partial charge is 0.353 e. The molecule has 0 radical (unpaired) electrons.